The van der Waals surface area contributed by atoms with Crippen LogP contribution >= 0.6 is 0 Å². The Morgan fingerprint density at radius 1 is 1.18 bits per heavy atom. The average Bonchev–Trinajstić information content (AvgIpc) is 2.26. The lowest BCUT2D eigenvalue weighted by molar-refractivity contribution is -0.165. The van der Waals surface area contributed by atoms with Gasteiger partial charge >= 0.3 is 11.9 Å². The highest BCUT2D eigenvalue weighted by atomic mass is 16.5. The number of hydrogen-bond acceptors (Lipinski definition) is 4. The second-order valence-corrected chi connectivity index (χ2v) is 4.08. The second kappa shape index (κ2) is 5.84. The van der Waals surface area contributed by atoms with Crippen molar-refractivity contribution in [3.8, 4) is 0 Å². The van der Waals surface area contributed by atoms with Crippen LogP contribution < -0.4 is 0 Å². The Morgan fingerprint density at radius 3 is 2.18 bits per heavy atom. The number of allylic oxidation sites excluding steroid dienone is 1. The first-order valence-corrected chi connectivity index (χ1v) is 6.07. The van der Waals surface area contributed by atoms with Crippen molar-refractivity contribution in [2.24, 2.45) is 17.8 Å². The van der Waals surface area contributed by atoms with E-state index in [2.05, 4.69) is 0 Å². The zero-order valence-electron chi connectivity index (χ0n) is 10.9. The molecule has 1 fully saturated rings. The fraction of sp³-hybridized carbons (Fsp3) is 0.692. The van der Waals surface area contributed by atoms with Crippen molar-refractivity contribution in [1.29, 1.82) is 0 Å². The van der Waals surface area contributed by atoms with Gasteiger partial charge in [-0.15, -0.1) is 0 Å². The van der Waals surface area contributed by atoms with Gasteiger partial charge in [-0.05, 0) is 26.7 Å². The fourth-order valence-corrected chi connectivity index (χ4v) is 2.40. The first kappa shape index (κ1) is 13.7. The van der Waals surface area contributed by atoms with E-state index in [9.17, 15) is 9.59 Å². The van der Waals surface area contributed by atoms with Crippen LogP contribution in [0.2, 0.25) is 0 Å². The quantitative estimate of drug-likeness (QED) is 0.556. The van der Waals surface area contributed by atoms with Gasteiger partial charge < -0.3 is 9.47 Å². The van der Waals surface area contributed by atoms with Crippen LogP contribution in [-0.2, 0) is 19.1 Å². The number of hydrogen-bond donors (Lipinski definition) is 0. The second-order valence-electron chi connectivity index (χ2n) is 4.08. The maximum Gasteiger partial charge on any atom is 0.313 e. The molecule has 3 atom stereocenters. The fourth-order valence-electron chi connectivity index (χ4n) is 2.40. The molecule has 0 heterocycles. The highest BCUT2D eigenvalue weighted by Gasteiger charge is 2.52. The van der Waals surface area contributed by atoms with Gasteiger partial charge in [0, 0.05) is 0 Å². The molecule has 0 amide bonds. The highest BCUT2D eigenvalue weighted by molar-refractivity contribution is 5.88. The van der Waals surface area contributed by atoms with E-state index in [0.29, 0.717) is 13.2 Å². The summed E-state index contributed by atoms with van der Waals surface area (Å²) in [5, 5.41) is 0. The standard InChI is InChI=1S/C13H20O4/c1-5-9-8(4)10(12(14)16-6-2)11(9)13(15)17-7-3/h5,8,10-11H,6-7H2,1-4H3/b9-5+/t8-,10-,11-/m0/s1. The van der Waals surface area contributed by atoms with Gasteiger partial charge in [0.2, 0.25) is 0 Å². The Kier molecular flexibility index (Phi) is 4.73. The molecule has 0 saturated heterocycles. The van der Waals surface area contributed by atoms with Crippen LogP contribution in [0, 0.1) is 17.8 Å². The van der Waals surface area contributed by atoms with Crippen molar-refractivity contribution in [3.63, 3.8) is 0 Å². The molecular weight excluding hydrogens is 220 g/mol. The van der Waals surface area contributed by atoms with Crippen molar-refractivity contribution in [2.75, 3.05) is 13.2 Å². The molecule has 4 nitrogen and oxygen atoms in total. The third-order valence-electron chi connectivity index (χ3n) is 3.22. The molecule has 0 aromatic heterocycles. The minimum atomic E-state index is -0.450. The van der Waals surface area contributed by atoms with E-state index < -0.39 is 5.92 Å². The summed E-state index contributed by atoms with van der Waals surface area (Å²) < 4.78 is 9.99. The number of rotatable bonds is 4. The average molecular weight is 240 g/mol. The summed E-state index contributed by atoms with van der Waals surface area (Å²) in [6.07, 6.45) is 1.89. The van der Waals surface area contributed by atoms with E-state index in [4.69, 9.17) is 9.47 Å². The number of ether oxygens (including phenoxy) is 2. The zero-order chi connectivity index (χ0) is 13.0. The van der Waals surface area contributed by atoms with Crippen LogP contribution in [0.1, 0.15) is 27.7 Å². The Bertz CT molecular complexity index is 332. The molecule has 1 saturated carbocycles. The Hall–Kier alpha value is -1.32. The number of carbonyl (C=O) groups is 2. The molecule has 0 spiro atoms. The van der Waals surface area contributed by atoms with Crippen LogP contribution in [0.15, 0.2) is 11.6 Å². The Labute approximate surface area is 102 Å². The summed E-state index contributed by atoms with van der Waals surface area (Å²) in [4.78, 5) is 23.5. The smallest absolute Gasteiger partial charge is 0.313 e. The van der Waals surface area contributed by atoms with Crippen LogP contribution in [-0.4, -0.2) is 25.2 Å². The summed E-state index contributed by atoms with van der Waals surface area (Å²) >= 11 is 0. The van der Waals surface area contributed by atoms with Crippen molar-refractivity contribution in [2.45, 2.75) is 27.7 Å². The van der Waals surface area contributed by atoms with E-state index in [1.165, 1.54) is 0 Å². The lowest BCUT2D eigenvalue weighted by atomic mass is 9.61. The van der Waals surface area contributed by atoms with Gasteiger partial charge in [-0.1, -0.05) is 18.6 Å². The topological polar surface area (TPSA) is 52.6 Å². The Morgan fingerprint density at radius 2 is 1.71 bits per heavy atom. The molecule has 96 valence electrons. The van der Waals surface area contributed by atoms with Crippen LogP contribution in [0.3, 0.4) is 0 Å². The molecule has 1 rings (SSSR count). The highest BCUT2D eigenvalue weighted by Crippen LogP contribution is 2.46. The van der Waals surface area contributed by atoms with Crippen molar-refractivity contribution >= 4 is 11.9 Å². The van der Waals surface area contributed by atoms with Crippen LogP contribution in [0.5, 0.6) is 0 Å². The maximum absolute atomic E-state index is 11.8. The normalized spacial score (nSPS) is 29.6. The van der Waals surface area contributed by atoms with E-state index in [0.717, 1.165) is 5.57 Å². The molecule has 0 bridgehead atoms. The summed E-state index contributed by atoms with van der Waals surface area (Å²) in [5.41, 5.74) is 0.974. The molecule has 0 aromatic rings. The van der Waals surface area contributed by atoms with E-state index in [1.54, 1.807) is 13.8 Å². The number of carbonyl (C=O) groups excluding carboxylic acids is 2. The lowest BCUT2D eigenvalue weighted by Gasteiger charge is -2.42. The molecule has 17 heavy (non-hydrogen) atoms. The van der Waals surface area contributed by atoms with E-state index in [-0.39, 0.29) is 23.8 Å². The van der Waals surface area contributed by atoms with Crippen molar-refractivity contribution in [3.05, 3.63) is 11.6 Å². The zero-order valence-corrected chi connectivity index (χ0v) is 10.9. The first-order valence-electron chi connectivity index (χ1n) is 6.07. The maximum atomic E-state index is 11.8. The molecule has 1 aliphatic rings. The van der Waals surface area contributed by atoms with E-state index >= 15 is 0 Å². The van der Waals surface area contributed by atoms with Gasteiger partial charge in [0.25, 0.3) is 0 Å². The summed E-state index contributed by atoms with van der Waals surface area (Å²) in [5.74, 6) is -1.40. The summed E-state index contributed by atoms with van der Waals surface area (Å²) in [6, 6.07) is 0. The molecule has 0 radical (unpaired) electrons. The third-order valence-corrected chi connectivity index (χ3v) is 3.22. The molecule has 0 N–H and O–H groups in total. The summed E-state index contributed by atoms with van der Waals surface area (Å²) in [6.45, 7) is 8.00. The number of esters is 2. The van der Waals surface area contributed by atoms with Gasteiger partial charge in [-0.25, -0.2) is 0 Å². The van der Waals surface area contributed by atoms with Gasteiger partial charge in [0.15, 0.2) is 0 Å². The van der Waals surface area contributed by atoms with Crippen molar-refractivity contribution in [1.82, 2.24) is 0 Å². The van der Waals surface area contributed by atoms with Gasteiger partial charge in [-0.2, -0.15) is 0 Å². The molecule has 0 aromatic carbocycles. The van der Waals surface area contributed by atoms with Crippen LogP contribution in [0.4, 0.5) is 0 Å². The first-order chi connectivity index (χ1) is 8.08. The van der Waals surface area contributed by atoms with E-state index in [1.807, 2.05) is 19.9 Å². The molecule has 4 heteroatoms. The molecule has 0 aliphatic heterocycles. The van der Waals surface area contributed by atoms with Gasteiger partial charge in [0.05, 0.1) is 25.0 Å². The third kappa shape index (κ3) is 2.51. The minimum Gasteiger partial charge on any atom is -0.466 e. The minimum absolute atomic E-state index is 0.0634. The molecule has 1 aliphatic carbocycles. The van der Waals surface area contributed by atoms with Gasteiger partial charge in [0.1, 0.15) is 0 Å². The van der Waals surface area contributed by atoms with Crippen LogP contribution in [0.25, 0.3) is 0 Å². The lowest BCUT2D eigenvalue weighted by Crippen LogP contribution is -2.48. The molecule has 0 unspecified atom stereocenters. The Balaban J connectivity index is 2.82. The largest absolute Gasteiger partial charge is 0.466 e. The predicted octanol–water partition coefficient (Wildman–Crippen LogP) is 1.94. The van der Waals surface area contributed by atoms with Crippen molar-refractivity contribution < 1.29 is 19.1 Å². The SMILES string of the molecule is C/C=C1\[C@H](C)[C@H](C(=O)OCC)[C@H]1C(=O)OCC. The molecular formula is C13H20O4. The monoisotopic (exact) mass is 240 g/mol. The predicted molar refractivity (Wildman–Crippen MR) is 63.2 cm³/mol. The summed E-state index contributed by atoms with van der Waals surface area (Å²) in [7, 11) is 0. The van der Waals surface area contributed by atoms with Gasteiger partial charge in [-0.3, -0.25) is 9.59 Å².